The lowest BCUT2D eigenvalue weighted by molar-refractivity contribution is 0.00976. The molecule has 0 aromatic heterocycles. The van der Waals surface area contributed by atoms with Crippen molar-refractivity contribution in [2.45, 2.75) is 24.7 Å². The van der Waals surface area contributed by atoms with Gasteiger partial charge in [-0.25, -0.2) is 22.0 Å². The number of hydrogen-bond donors (Lipinski definition) is 1. The van der Waals surface area contributed by atoms with E-state index in [1.165, 1.54) is 0 Å². The van der Waals surface area contributed by atoms with E-state index in [1.807, 2.05) is 0 Å². The summed E-state index contributed by atoms with van der Waals surface area (Å²) in [5.41, 5.74) is 0. The van der Waals surface area contributed by atoms with Crippen LogP contribution in [0.15, 0.2) is 11.6 Å². The second kappa shape index (κ2) is 2.91. The van der Waals surface area contributed by atoms with Crippen LogP contribution in [-0.2, 0) is 0 Å². The predicted molar refractivity (Wildman–Crippen MR) is 30.3 cm³/mol. The molecule has 1 nitrogen and oxygen atoms in total. The molecule has 0 saturated carbocycles. The molecule has 0 heterocycles. The molecule has 1 aliphatic rings. The smallest absolute Gasteiger partial charge is 0.193 e. The summed E-state index contributed by atoms with van der Waals surface area (Å²) in [5.74, 6) is -3.66. The summed E-state index contributed by atoms with van der Waals surface area (Å²) in [6.45, 7) is 0. The Hall–Kier alpha value is -0.810. The van der Waals surface area contributed by atoms with Crippen molar-refractivity contribution in [3.05, 3.63) is 11.6 Å². The summed E-state index contributed by atoms with van der Waals surface area (Å²) in [4.78, 5) is 0. The van der Waals surface area contributed by atoms with Crippen molar-refractivity contribution in [2.75, 3.05) is 0 Å². The average Bonchev–Trinajstić information content (AvgIpc) is 2.08. The first-order chi connectivity index (χ1) is 5.46. The molecule has 0 spiro atoms. The highest BCUT2D eigenvalue weighted by atomic mass is 19.2. The number of rotatable bonds is 0. The highest BCUT2D eigenvalue weighted by molar-refractivity contribution is 5.19. The van der Waals surface area contributed by atoms with Gasteiger partial charge in [0.25, 0.3) is 0 Å². The Labute approximate surface area is 64.5 Å². The molecule has 6 heteroatoms. The lowest BCUT2D eigenvalue weighted by atomic mass is 9.98. The van der Waals surface area contributed by atoms with E-state index in [0.717, 1.165) is 0 Å². The van der Waals surface area contributed by atoms with Crippen molar-refractivity contribution < 1.29 is 27.1 Å². The van der Waals surface area contributed by atoms with Crippen molar-refractivity contribution in [1.29, 1.82) is 0 Å². The molecule has 0 aromatic rings. The molecule has 1 rings (SSSR count). The SMILES string of the molecule is OC1=C(F)C(F)C(F)C(F)C1F. The fourth-order valence-electron chi connectivity index (χ4n) is 0.886. The molecule has 0 aliphatic heterocycles. The molecule has 0 bridgehead atoms. The Morgan fingerprint density at radius 2 is 1.33 bits per heavy atom. The molecule has 1 aliphatic carbocycles. The van der Waals surface area contributed by atoms with Gasteiger partial charge in [0.05, 0.1) is 0 Å². The van der Waals surface area contributed by atoms with Gasteiger partial charge in [-0.15, -0.1) is 0 Å². The summed E-state index contributed by atoms with van der Waals surface area (Å²) in [7, 11) is 0. The quantitative estimate of drug-likeness (QED) is 0.577. The number of hydrogen-bond acceptors (Lipinski definition) is 1. The van der Waals surface area contributed by atoms with E-state index in [9.17, 15) is 22.0 Å². The van der Waals surface area contributed by atoms with Crippen LogP contribution in [0.2, 0.25) is 0 Å². The van der Waals surface area contributed by atoms with Gasteiger partial charge < -0.3 is 5.11 Å². The summed E-state index contributed by atoms with van der Waals surface area (Å²) >= 11 is 0. The Balaban J connectivity index is 3.00. The maximum Gasteiger partial charge on any atom is 0.193 e. The van der Waals surface area contributed by atoms with Crippen LogP contribution in [0.5, 0.6) is 0 Å². The van der Waals surface area contributed by atoms with Crippen molar-refractivity contribution in [2.24, 2.45) is 0 Å². The molecule has 0 radical (unpaired) electrons. The van der Waals surface area contributed by atoms with Gasteiger partial charge in [-0.2, -0.15) is 0 Å². The molecule has 4 atom stereocenters. The lowest BCUT2D eigenvalue weighted by Gasteiger charge is -2.24. The molecule has 0 amide bonds. The summed E-state index contributed by atoms with van der Waals surface area (Å²) in [5, 5.41) is 8.39. The minimum absolute atomic E-state index is 1.69. The minimum Gasteiger partial charge on any atom is -0.506 e. The zero-order valence-corrected chi connectivity index (χ0v) is 5.65. The summed E-state index contributed by atoms with van der Waals surface area (Å²) in [6, 6.07) is 0. The number of aliphatic hydroxyl groups excluding tert-OH is 1. The van der Waals surface area contributed by atoms with Crippen molar-refractivity contribution in [3.8, 4) is 0 Å². The number of alkyl halides is 4. The fraction of sp³-hybridized carbons (Fsp3) is 0.667. The second-order valence-corrected chi connectivity index (χ2v) is 2.43. The zero-order valence-electron chi connectivity index (χ0n) is 5.65. The van der Waals surface area contributed by atoms with Crippen LogP contribution < -0.4 is 0 Å². The van der Waals surface area contributed by atoms with Crippen LogP contribution in [0.1, 0.15) is 0 Å². The van der Waals surface area contributed by atoms with E-state index < -0.39 is 36.3 Å². The Morgan fingerprint density at radius 3 is 1.83 bits per heavy atom. The largest absolute Gasteiger partial charge is 0.506 e. The summed E-state index contributed by atoms with van der Waals surface area (Å²) < 4.78 is 61.4. The highest BCUT2D eigenvalue weighted by Crippen LogP contribution is 2.33. The first kappa shape index (κ1) is 9.28. The summed E-state index contributed by atoms with van der Waals surface area (Å²) in [6.07, 6.45) is -11.5. The molecule has 12 heavy (non-hydrogen) atoms. The fourth-order valence-corrected chi connectivity index (χ4v) is 0.886. The first-order valence-electron chi connectivity index (χ1n) is 3.11. The van der Waals surface area contributed by atoms with E-state index in [2.05, 4.69) is 0 Å². The van der Waals surface area contributed by atoms with Crippen LogP contribution in [-0.4, -0.2) is 29.8 Å². The monoisotopic (exact) mass is 188 g/mol. The van der Waals surface area contributed by atoms with Gasteiger partial charge in [0.15, 0.2) is 36.3 Å². The number of aliphatic hydroxyl groups is 1. The maximum absolute atomic E-state index is 12.3. The van der Waals surface area contributed by atoms with Gasteiger partial charge in [0.1, 0.15) is 0 Å². The van der Waals surface area contributed by atoms with Crippen LogP contribution >= 0.6 is 0 Å². The zero-order chi connectivity index (χ0) is 9.46. The molecule has 0 saturated heterocycles. The van der Waals surface area contributed by atoms with Gasteiger partial charge in [-0.05, 0) is 0 Å². The van der Waals surface area contributed by atoms with Crippen molar-refractivity contribution in [3.63, 3.8) is 0 Å². The Morgan fingerprint density at radius 1 is 0.917 bits per heavy atom. The van der Waals surface area contributed by atoms with Crippen LogP contribution in [0.4, 0.5) is 22.0 Å². The topological polar surface area (TPSA) is 20.2 Å². The lowest BCUT2D eigenvalue weighted by Crippen LogP contribution is -2.41. The second-order valence-electron chi connectivity index (χ2n) is 2.43. The number of halogens is 5. The first-order valence-corrected chi connectivity index (χ1v) is 3.11. The molecular weight excluding hydrogens is 183 g/mol. The van der Waals surface area contributed by atoms with E-state index in [1.54, 1.807) is 0 Å². The van der Waals surface area contributed by atoms with E-state index in [0.29, 0.717) is 0 Å². The van der Waals surface area contributed by atoms with Crippen LogP contribution in [0.3, 0.4) is 0 Å². The van der Waals surface area contributed by atoms with Crippen LogP contribution in [0, 0.1) is 0 Å². The average molecular weight is 188 g/mol. The standard InChI is InChI=1S/C6H5F5O/c7-1-2(8)4(10)6(12)5(11)3(1)9/h1-4,12H. The Bertz CT molecular complexity index is 194. The molecule has 0 fully saturated rings. The molecular formula is C6H5F5O. The van der Waals surface area contributed by atoms with E-state index in [-0.39, 0.29) is 0 Å². The van der Waals surface area contributed by atoms with Gasteiger partial charge >= 0.3 is 0 Å². The molecule has 70 valence electrons. The third-order valence-corrected chi connectivity index (χ3v) is 1.61. The van der Waals surface area contributed by atoms with Gasteiger partial charge in [0, 0.05) is 0 Å². The third-order valence-electron chi connectivity index (χ3n) is 1.61. The van der Waals surface area contributed by atoms with Crippen molar-refractivity contribution in [1.82, 2.24) is 0 Å². The van der Waals surface area contributed by atoms with Gasteiger partial charge in [0.2, 0.25) is 0 Å². The molecule has 0 aromatic carbocycles. The molecule has 4 unspecified atom stereocenters. The molecule has 1 N–H and O–H groups in total. The third kappa shape index (κ3) is 1.15. The van der Waals surface area contributed by atoms with Gasteiger partial charge in [-0.1, -0.05) is 0 Å². The minimum atomic E-state index is -2.91. The number of allylic oxidation sites excluding steroid dienone is 2. The predicted octanol–water partition coefficient (Wildman–Crippen LogP) is 2.09. The van der Waals surface area contributed by atoms with Crippen molar-refractivity contribution >= 4 is 0 Å². The van der Waals surface area contributed by atoms with Crippen LogP contribution in [0.25, 0.3) is 0 Å². The normalized spacial score (nSPS) is 43.4. The van der Waals surface area contributed by atoms with E-state index in [4.69, 9.17) is 5.11 Å². The highest BCUT2D eigenvalue weighted by Gasteiger charge is 2.47. The van der Waals surface area contributed by atoms with E-state index >= 15 is 0 Å². The van der Waals surface area contributed by atoms with Gasteiger partial charge in [-0.3, -0.25) is 0 Å². The Kier molecular flexibility index (Phi) is 2.25. The maximum atomic E-state index is 12.3.